The van der Waals surface area contributed by atoms with Crippen molar-refractivity contribution in [3.05, 3.63) is 29.3 Å². The van der Waals surface area contributed by atoms with Gasteiger partial charge >= 0.3 is 0 Å². The Balaban J connectivity index is 2.77. The average Bonchev–Trinajstić information content (AvgIpc) is 2.43. The van der Waals surface area contributed by atoms with Crippen molar-refractivity contribution in [3.8, 4) is 0 Å². The van der Waals surface area contributed by atoms with E-state index in [9.17, 15) is 8.42 Å². The lowest BCUT2D eigenvalue weighted by Gasteiger charge is -2.12. The number of sulfone groups is 1. The van der Waals surface area contributed by atoms with Gasteiger partial charge in [-0.2, -0.15) is 0 Å². The second-order valence-corrected chi connectivity index (χ2v) is 8.16. The maximum atomic E-state index is 11.6. The molecular weight excluding hydrogens is 310 g/mol. The lowest BCUT2D eigenvalue weighted by molar-refractivity contribution is 0.573. The molecule has 130 valence electrons. The fraction of sp³-hybridized carbons (Fsp3) is 0.588. The van der Waals surface area contributed by atoms with Gasteiger partial charge < -0.3 is 10.6 Å². The molecule has 0 aliphatic carbocycles. The van der Waals surface area contributed by atoms with E-state index in [2.05, 4.69) is 29.5 Å². The van der Waals surface area contributed by atoms with Crippen LogP contribution in [-0.4, -0.2) is 33.7 Å². The third-order valence-electron chi connectivity index (χ3n) is 3.42. The summed E-state index contributed by atoms with van der Waals surface area (Å²) >= 11 is 0. The number of rotatable bonds is 7. The molecule has 0 bridgehead atoms. The van der Waals surface area contributed by atoms with Crippen LogP contribution in [0.5, 0.6) is 0 Å². The molecule has 0 amide bonds. The quantitative estimate of drug-likeness (QED) is 0.591. The number of hydrogen-bond donors (Lipinski definition) is 2. The lowest BCUT2D eigenvalue weighted by atomic mass is 10.1. The first-order valence-electron chi connectivity index (χ1n) is 8.05. The van der Waals surface area contributed by atoms with E-state index in [4.69, 9.17) is 0 Å². The molecule has 0 aromatic heterocycles. The van der Waals surface area contributed by atoms with Crippen LogP contribution >= 0.6 is 0 Å². The molecule has 1 aromatic carbocycles. The van der Waals surface area contributed by atoms with Gasteiger partial charge in [0, 0.05) is 19.3 Å². The van der Waals surface area contributed by atoms with Crippen molar-refractivity contribution in [2.75, 3.05) is 19.3 Å². The molecule has 2 N–H and O–H groups in total. The van der Waals surface area contributed by atoms with E-state index < -0.39 is 9.84 Å². The number of aryl methyl sites for hydroxylation is 1. The number of guanidine groups is 1. The smallest absolute Gasteiger partial charge is 0.191 e. The summed E-state index contributed by atoms with van der Waals surface area (Å²) in [7, 11) is -3.17. The van der Waals surface area contributed by atoms with Gasteiger partial charge in [0.1, 0.15) is 0 Å². The number of aliphatic imine (C=N–C) groups is 1. The van der Waals surface area contributed by atoms with Gasteiger partial charge in [0.15, 0.2) is 15.8 Å². The zero-order valence-corrected chi connectivity index (χ0v) is 15.6. The Kier molecular flexibility index (Phi) is 7.55. The molecule has 0 radical (unpaired) electrons. The Morgan fingerprint density at radius 3 is 2.48 bits per heavy atom. The Morgan fingerprint density at radius 2 is 1.96 bits per heavy atom. The zero-order valence-electron chi connectivity index (χ0n) is 14.8. The molecule has 0 heterocycles. The lowest BCUT2D eigenvalue weighted by Crippen LogP contribution is -2.38. The van der Waals surface area contributed by atoms with Gasteiger partial charge in [0.05, 0.1) is 11.4 Å². The molecule has 0 fully saturated rings. The fourth-order valence-corrected chi connectivity index (χ4v) is 3.18. The monoisotopic (exact) mass is 339 g/mol. The molecule has 1 aromatic rings. The molecule has 6 heteroatoms. The summed E-state index contributed by atoms with van der Waals surface area (Å²) in [6.45, 7) is 10.4. The normalized spacial score (nSPS) is 12.5. The summed E-state index contributed by atoms with van der Waals surface area (Å²) in [5, 5.41) is 6.54. The Morgan fingerprint density at radius 1 is 1.26 bits per heavy atom. The minimum atomic E-state index is -3.17. The summed E-state index contributed by atoms with van der Waals surface area (Å²) in [5.41, 5.74) is 1.76. The highest BCUT2D eigenvalue weighted by atomic mass is 32.2. The third kappa shape index (κ3) is 7.03. The van der Waals surface area contributed by atoms with Crippen LogP contribution < -0.4 is 10.6 Å². The summed E-state index contributed by atoms with van der Waals surface area (Å²) < 4.78 is 23.3. The van der Waals surface area contributed by atoms with Crippen molar-refractivity contribution < 1.29 is 8.42 Å². The summed E-state index contributed by atoms with van der Waals surface area (Å²) in [4.78, 5) is 4.94. The van der Waals surface area contributed by atoms with Gasteiger partial charge in [0.2, 0.25) is 0 Å². The minimum Gasteiger partial charge on any atom is -0.357 e. The minimum absolute atomic E-state index is 0.382. The van der Waals surface area contributed by atoms with Gasteiger partial charge in [-0.15, -0.1) is 0 Å². The van der Waals surface area contributed by atoms with E-state index in [1.54, 1.807) is 6.07 Å². The molecule has 0 saturated carbocycles. The molecule has 23 heavy (non-hydrogen) atoms. The molecule has 0 saturated heterocycles. The SMILES string of the molecule is CCNC(=NCc1ccc(S(C)(=O)=O)c(C)c1)NCCC(C)C. The van der Waals surface area contributed by atoms with Crippen LogP contribution in [0.15, 0.2) is 28.1 Å². The standard InChI is InChI=1S/C17H29N3O2S/c1-6-18-17(19-10-9-13(2)3)20-12-15-7-8-16(14(4)11-15)23(5,21)22/h7-8,11,13H,6,9-10,12H2,1-5H3,(H2,18,19,20). The molecule has 0 aliphatic rings. The second kappa shape index (κ2) is 8.91. The van der Waals surface area contributed by atoms with Crippen molar-refractivity contribution in [3.63, 3.8) is 0 Å². The maximum absolute atomic E-state index is 11.6. The molecular formula is C17H29N3O2S. The number of nitrogens with one attached hydrogen (secondary N) is 2. The van der Waals surface area contributed by atoms with E-state index in [1.165, 1.54) is 6.26 Å². The van der Waals surface area contributed by atoms with E-state index >= 15 is 0 Å². The van der Waals surface area contributed by atoms with Gasteiger partial charge in [-0.3, -0.25) is 0 Å². The van der Waals surface area contributed by atoms with Crippen molar-refractivity contribution >= 4 is 15.8 Å². The topological polar surface area (TPSA) is 70.6 Å². The first-order valence-corrected chi connectivity index (χ1v) is 9.95. The van der Waals surface area contributed by atoms with Crippen LogP contribution in [0.4, 0.5) is 0 Å². The van der Waals surface area contributed by atoms with E-state index in [-0.39, 0.29) is 0 Å². The fourth-order valence-electron chi connectivity index (χ4n) is 2.22. The molecule has 0 aliphatic heterocycles. The van der Waals surface area contributed by atoms with E-state index in [0.717, 1.165) is 36.6 Å². The number of nitrogens with zero attached hydrogens (tertiary/aromatic N) is 1. The second-order valence-electron chi connectivity index (χ2n) is 6.18. The largest absolute Gasteiger partial charge is 0.357 e. The van der Waals surface area contributed by atoms with E-state index in [0.29, 0.717) is 17.4 Å². The molecule has 1 rings (SSSR count). The third-order valence-corrected chi connectivity index (χ3v) is 4.67. The van der Waals surface area contributed by atoms with Crippen LogP contribution in [0, 0.1) is 12.8 Å². The average molecular weight is 340 g/mol. The first kappa shape index (κ1) is 19.5. The first-order chi connectivity index (χ1) is 10.7. The van der Waals surface area contributed by atoms with Gasteiger partial charge in [-0.25, -0.2) is 13.4 Å². The number of hydrogen-bond acceptors (Lipinski definition) is 3. The van der Waals surface area contributed by atoms with Crippen LogP contribution in [-0.2, 0) is 16.4 Å². The van der Waals surface area contributed by atoms with Crippen molar-refractivity contribution in [2.45, 2.75) is 45.6 Å². The van der Waals surface area contributed by atoms with Crippen molar-refractivity contribution in [1.29, 1.82) is 0 Å². The molecule has 5 nitrogen and oxygen atoms in total. The van der Waals surface area contributed by atoms with Crippen molar-refractivity contribution in [2.24, 2.45) is 10.9 Å². The highest BCUT2D eigenvalue weighted by Crippen LogP contribution is 2.17. The molecule has 0 unspecified atom stereocenters. The molecule has 0 atom stereocenters. The van der Waals surface area contributed by atoms with Crippen LogP contribution in [0.2, 0.25) is 0 Å². The maximum Gasteiger partial charge on any atom is 0.191 e. The summed E-state index contributed by atoms with van der Waals surface area (Å²) in [5.74, 6) is 1.44. The van der Waals surface area contributed by atoms with E-state index in [1.807, 2.05) is 26.0 Å². The van der Waals surface area contributed by atoms with Crippen molar-refractivity contribution in [1.82, 2.24) is 10.6 Å². The number of benzene rings is 1. The van der Waals surface area contributed by atoms with Crippen LogP contribution in [0.1, 0.15) is 38.3 Å². The van der Waals surface area contributed by atoms with Gasteiger partial charge in [-0.05, 0) is 43.4 Å². The molecule has 0 spiro atoms. The van der Waals surface area contributed by atoms with Gasteiger partial charge in [-0.1, -0.05) is 26.0 Å². The van der Waals surface area contributed by atoms with Crippen LogP contribution in [0.3, 0.4) is 0 Å². The highest BCUT2D eigenvalue weighted by molar-refractivity contribution is 7.90. The van der Waals surface area contributed by atoms with Gasteiger partial charge in [0.25, 0.3) is 0 Å². The predicted octanol–water partition coefficient (Wildman–Crippen LogP) is 2.50. The summed E-state index contributed by atoms with van der Waals surface area (Å²) in [6.07, 6.45) is 2.32. The Labute approximate surface area is 140 Å². The highest BCUT2D eigenvalue weighted by Gasteiger charge is 2.10. The summed E-state index contributed by atoms with van der Waals surface area (Å²) in [6, 6.07) is 5.37. The zero-order chi connectivity index (χ0) is 17.5. The Hall–Kier alpha value is -1.56. The Bertz CT molecular complexity index is 637. The predicted molar refractivity (Wildman–Crippen MR) is 96.6 cm³/mol. The van der Waals surface area contributed by atoms with Crippen LogP contribution in [0.25, 0.3) is 0 Å².